The largest absolute Gasteiger partial charge is 0.488 e. The molecule has 7 nitrogen and oxygen atoms in total. The third kappa shape index (κ3) is 4.15. The fourth-order valence-electron chi connectivity index (χ4n) is 3.43. The monoisotopic (exact) mass is 427 g/mol. The summed E-state index contributed by atoms with van der Waals surface area (Å²) >= 11 is 0. The summed E-state index contributed by atoms with van der Waals surface area (Å²) in [5.74, 6) is -0.341. The molecule has 1 saturated heterocycles. The molecule has 2 aromatic carbocycles. The van der Waals surface area contributed by atoms with Crippen LogP contribution in [0.1, 0.15) is 28.8 Å². The van der Waals surface area contributed by atoms with Gasteiger partial charge in [0, 0.05) is 24.2 Å². The summed E-state index contributed by atoms with van der Waals surface area (Å²) in [6, 6.07) is 13.0. The van der Waals surface area contributed by atoms with Gasteiger partial charge in [-0.1, -0.05) is 18.2 Å². The number of rotatable bonds is 6. The lowest BCUT2D eigenvalue weighted by Gasteiger charge is -2.17. The van der Waals surface area contributed by atoms with Crippen LogP contribution >= 0.6 is 0 Å². The number of Topliss-reactive ketones (excluding diaryl/α,β-unsaturated/α-hetero) is 1. The van der Waals surface area contributed by atoms with Gasteiger partial charge >= 0.3 is 5.97 Å². The van der Waals surface area contributed by atoms with E-state index in [-0.39, 0.29) is 17.1 Å². The van der Waals surface area contributed by atoms with Crippen molar-refractivity contribution in [3.8, 4) is 5.75 Å². The molecule has 8 heteroatoms. The lowest BCUT2D eigenvalue weighted by molar-refractivity contribution is -0.138. The molecule has 2 aromatic rings. The molecule has 0 amide bonds. The van der Waals surface area contributed by atoms with E-state index in [9.17, 15) is 18.0 Å². The maximum Gasteiger partial charge on any atom is 0.337 e. The highest BCUT2D eigenvalue weighted by atomic mass is 32.2. The van der Waals surface area contributed by atoms with Crippen molar-refractivity contribution in [1.82, 2.24) is 4.31 Å². The van der Waals surface area contributed by atoms with Gasteiger partial charge in [0.25, 0.3) is 0 Å². The number of hydrogen-bond acceptors (Lipinski definition) is 6. The van der Waals surface area contributed by atoms with Crippen LogP contribution in [0, 0.1) is 0 Å². The van der Waals surface area contributed by atoms with E-state index >= 15 is 0 Å². The van der Waals surface area contributed by atoms with Gasteiger partial charge in [0.2, 0.25) is 10.0 Å². The molecule has 0 spiro atoms. The summed E-state index contributed by atoms with van der Waals surface area (Å²) in [5, 5.41) is 0. The summed E-state index contributed by atoms with van der Waals surface area (Å²) in [7, 11) is -3.53. The molecule has 0 unspecified atom stereocenters. The smallest absolute Gasteiger partial charge is 0.337 e. The second-order valence-electron chi connectivity index (χ2n) is 7.13. The quantitative estimate of drug-likeness (QED) is 0.520. The van der Waals surface area contributed by atoms with Crippen LogP contribution in [0.2, 0.25) is 0 Å². The highest BCUT2D eigenvalue weighted by Crippen LogP contribution is 2.26. The maximum atomic E-state index is 12.5. The van der Waals surface area contributed by atoms with Crippen molar-refractivity contribution >= 4 is 27.9 Å². The van der Waals surface area contributed by atoms with E-state index in [4.69, 9.17) is 9.47 Å². The van der Waals surface area contributed by atoms with Crippen LogP contribution in [-0.4, -0.2) is 50.8 Å². The van der Waals surface area contributed by atoms with E-state index in [0.717, 1.165) is 18.4 Å². The van der Waals surface area contributed by atoms with E-state index < -0.39 is 28.4 Å². The Morgan fingerprint density at radius 2 is 1.70 bits per heavy atom. The Hall–Kier alpha value is -2.97. The van der Waals surface area contributed by atoms with Gasteiger partial charge in [-0.25, -0.2) is 13.2 Å². The number of hydrogen-bond donors (Lipinski definition) is 0. The number of nitrogens with zero attached hydrogens (tertiary/aromatic N) is 1. The molecule has 30 heavy (non-hydrogen) atoms. The van der Waals surface area contributed by atoms with E-state index in [2.05, 4.69) is 0 Å². The van der Waals surface area contributed by atoms with Gasteiger partial charge in [-0.05, 0) is 49.2 Å². The van der Waals surface area contributed by atoms with Gasteiger partial charge in [0.05, 0.1) is 10.5 Å². The molecule has 4 rings (SSSR count). The first kappa shape index (κ1) is 20.3. The summed E-state index contributed by atoms with van der Waals surface area (Å²) < 4.78 is 37.2. The Morgan fingerprint density at radius 3 is 2.43 bits per heavy atom. The number of esters is 1. The molecule has 0 atom stereocenters. The highest BCUT2D eigenvalue weighted by molar-refractivity contribution is 7.89. The fraction of sp³-hybridized carbons (Fsp3) is 0.273. The van der Waals surface area contributed by atoms with Crippen molar-refractivity contribution < 1.29 is 27.5 Å². The zero-order valence-electron chi connectivity index (χ0n) is 16.2. The van der Waals surface area contributed by atoms with Crippen molar-refractivity contribution in [1.29, 1.82) is 0 Å². The second kappa shape index (κ2) is 8.41. The van der Waals surface area contributed by atoms with Crippen molar-refractivity contribution in [2.24, 2.45) is 0 Å². The third-order valence-corrected chi connectivity index (χ3v) is 7.02. The molecule has 0 radical (unpaired) electrons. The average molecular weight is 427 g/mol. The number of para-hydroxylation sites is 1. The lowest BCUT2D eigenvalue weighted by Crippen LogP contribution is -2.27. The van der Waals surface area contributed by atoms with Crippen LogP contribution in [-0.2, 0) is 19.6 Å². The Balaban J connectivity index is 1.37. The maximum absolute atomic E-state index is 12.5. The number of fused-ring (bicyclic) bond motifs is 1. The first-order chi connectivity index (χ1) is 14.4. The average Bonchev–Trinajstić information content (AvgIpc) is 3.33. The van der Waals surface area contributed by atoms with Crippen LogP contribution in [0.4, 0.5) is 0 Å². The highest BCUT2D eigenvalue weighted by Gasteiger charge is 2.27. The SMILES string of the molecule is O=C(OCC(=O)c1ccc(S(=O)(=O)N2CCCC2)cc1)C1=Cc2ccccc2OC1. The minimum Gasteiger partial charge on any atom is -0.488 e. The number of carbonyl (C=O) groups excluding carboxylic acids is 2. The van der Waals surface area contributed by atoms with Crippen molar-refractivity contribution in [2.75, 3.05) is 26.3 Å². The first-order valence-electron chi connectivity index (χ1n) is 9.68. The van der Waals surface area contributed by atoms with Crippen molar-refractivity contribution in [2.45, 2.75) is 17.7 Å². The number of sulfonamides is 1. The van der Waals surface area contributed by atoms with Crippen molar-refractivity contribution in [3.05, 3.63) is 65.2 Å². The Morgan fingerprint density at radius 1 is 1.00 bits per heavy atom. The topological polar surface area (TPSA) is 90.0 Å². The second-order valence-corrected chi connectivity index (χ2v) is 9.07. The minimum atomic E-state index is -3.53. The molecule has 2 aliphatic heterocycles. The predicted molar refractivity (Wildman–Crippen MR) is 110 cm³/mol. The molecule has 2 heterocycles. The summed E-state index contributed by atoms with van der Waals surface area (Å²) in [6.07, 6.45) is 3.39. The number of ether oxygens (including phenoxy) is 2. The van der Waals surface area contributed by atoms with Crippen LogP contribution in [0.15, 0.2) is 59.0 Å². The molecule has 0 saturated carbocycles. The molecule has 0 aliphatic carbocycles. The first-order valence-corrected chi connectivity index (χ1v) is 11.1. The van der Waals surface area contributed by atoms with Crippen LogP contribution in [0.5, 0.6) is 5.75 Å². The zero-order valence-corrected chi connectivity index (χ0v) is 17.1. The summed E-state index contributed by atoms with van der Waals surface area (Å²) in [4.78, 5) is 24.8. The predicted octanol–water partition coefficient (Wildman–Crippen LogP) is 2.67. The summed E-state index contributed by atoms with van der Waals surface area (Å²) in [6.45, 7) is 0.676. The molecule has 0 bridgehead atoms. The molecular weight excluding hydrogens is 406 g/mol. The minimum absolute atomic E-state index is 0.0765. The number of ketones is 1. The molecule has 1 fully saturated rings. The number of benzene rings is 2. The van der Waals surface area contributed by atoms with Gasteiger partial charge in [0.1, 0.15) is 12.4 Å². The van der Waals surface area contributed by atoms with E-state index in [0.29, 0.717) is 24.4 Å². The molecular formula is C22H21NO6S. The van der Waals surface area contributed by atoms with E-state index in [1.165, 1.54) is 28.6 Å². The molecule has 156 valence electrons. The lowest BCUT2D eigenvalue weighted by atomic mass is 10.1. The Labute approximate surface area is 175 Å². The zero-order chi connectivity index (χ0) is 21.1. The van der Waals surface area contributed by atoms with Gasteiger partial charge < -0.3 is 9.47 Å². The van der Waals surface area contributed by atoms with Crippen LogP contribution in [0.3, 0.4) is 0 Å². The van der Waals surface area contributed by atoms with Gasteiger partial charge in [-0.3, -0.25) is 4.79 Å². The van der Waals surface area contributed by atoms with Gasteiger partial charge in [-0.2, -0.15) is 4.31 Å². The van der Waals surface area contributed by atoms with Crippen LogP contribution < -0.4 is 4.74 Å². The van der Waals surface area contributed by atoms with Gasteiger partial charge in [0.15, 0.2) is 12.4 Å². The van der Waals surface area contributed by atoms with E-state index in [1.54, 1.807) is 6.08 Å². The van der Waals surface area contributed by atoms with E-state index in [1.807, 2.05) is 24.3 Å². The fourth-order valence-corrected chi connectivity index (χ4v) is 4.95. The normalized spacial score (nSPS) is 16.3. The Bertz CT molecular complexity index is 1100. The van der Waals surface area contributed by atoms with Crippen molar-refractivity contribution in [3.63, 3.8) is 0 Å². The molecule has 2 aliphatic rings. The summed E-state index contributed by atoms with van der Waals surface area (Å²) in [5.41, 5.74) is 1.38. The standard InChI is InChI=1S/C22H21NO6S/c24-20(15-29-22(25)18-13-17-5-1-2-6-21(17)28-14-18)16-7-9-19(10-8-16)30(26,27)23-11-3-4-12-23/h1-2,5-10,13H,3-4,11-12,14-15H2. The molecule has 0 N–H and O–H groups in total. The van der Waals surface area contributed by atoms with Gasteiger partial charge in [-0.15, -0.1) is 0 Å². The number of carbonyl (C=O) groups is 2. The Kier molecular flexibility index (Phi) is 5.69. The third-order valence-electron chi connectivity index (χ3n) is 5.11. The molecule has 0 aromatic heterocycles. The van der Waals surface area contributed by atoms with Crippen LogP contribution in [0.25, 0.3) is 6.08 Å².